The molecule has 0 fully saturated rings. The van der Waals surface area contributed by atoms with Gasteiger partial charge in [0.1, 0.15) is 6.54 Å². The number of hydrogen-bond acceptors (Lipinski definition) is 4. The Morgan fingerprint density at radius 1 is 1.07 bits per heavy atom. The zero-order chi connectivity index (χ0) is 21.6. The molecule has 156 valence electrons. The van der Waals surface area contributed by atoms with E-state index in [2.05, 4.69) is 10.6 Å². The Labute approximate surface area is 172 Å². The lowest BCUT2D eigenvalue weighted by molar-refractivity contribution is -0.114. The van der Waals surface area contributed by atoms with E-state index in [0.29, 0.717) is 16.9 Å². The van der Waals surface area contributed by atoms with E-state index >= 15 is 0 Å². The molecule has 8 heteroatoms. The van der Waals surface area contributed by atoms with Crippen molar-refractivity contribution in [3.8, 4) is 0 Å². The SMILES string of the molecule is CC[C@H](C)NC(=O)c1ccccc1NC(=O)CN(c1ccc(C)cc1)S(C)(=O)=O. The maximum Gasteiger partial charge on any atom is 0.253 e. The summed E-state index contributed by atoms with van der Waals surface area (Å²) >= 11 is 0. The Bertz CT molecular complexity index is 972. The van der Waals surface area contributed by atoms with Crippen molar-refractivity contribution in [2.45, 2.75) is 33.2 Å². The molecule has 0 aliphatic rings. The summed E-state index contributed by atoms with van der Waals surface area (Å²) in [6.07, 6.45) is 1.83. The second-order valence-corrected chi connectivity index (χ2v) is 8.89. The molecular formula is C21H27N3O4S. The molecule has 0 aliphatic carbocycles. The standard InChI is InChI=1S/C21H27N3O4S/c1-5-16(3)22-21(26)18-8-6-7-9-19(18)23-20(25)14-24(29(4,27)28)17-12-10-15(2)11-13-17/h6-13,16H,5,14H2,1-4H3,(H,22,26)(H,23,25)/t16-/m0/s1. The normalized spacial score (nSPS) is 12.1. The van der Waals surface area contributed by atoms with Crippen molar-refractivity contribution in [2.24, 2.45) is 0 Å². The number of benzene rings is 2. The molecular weight excluding hydrogens is 390 g/mol. The van der Waals surface area contributed by atoms with Gasteiger partial charge in [-0.25, -0.2) is 8.42 Å². The van der Waals surface area contributed by atoms with E-state index in [4.69, 9.17) is 0 Å². The third kappa shape index (κ3) is 6.32. The molecule has 2 amide bonds. The zero-order valence-electron chi connectivity index (χ0n) is 17.1. The van der Waals surface area contributed by atoms with Gasteiger partial charge in [-0.05, 0) is 44.5 Å². The minimum Gasteiger partial charge on any atom is -0.350 e. The Morgan fingerprint density at radius 3 is 2.28 bits per heavy atom. The van der Waals surface area contributed by atoms with Crippen molar-refractivity contribution >= 4 is 33.2 Å². The molecule has 2 aromatic rings. The zero-order valence-corrected chi connectivity index (χ0v) is 17.9. The molecule has 0 saturated carbocycles. The van der Waals surface area contributed by atoms with Gasteiger partial charge in [0.25, 0.3) is 5.91 Å². The highest BCUT2D eigenvalue weighted by molar-refractivity contribution is 7.92. The van der Waals surface area contributed by atoms with Crippen LogP contribution in [0.5, 0.6) is 0 Å². The molecule has 0 unspecified atom stereocenters. The van der Waals surface area contributed by atoms with Gasteiger partial charge in [-0.3, -0.25) is 13.9 Å². The van der Waals surface area contributed by atoms with Crippen molar-refractivity contribution < 1.29 is 18.0 Å². The molecule has 2 aromatic carbocycles. The first-order valence-electron chi connectivity index (χ1n) is 9.36. The lowest BCUT2D eigenvalue weighted by Crippen LogP contribution is -2.38. The largest absolute Gasteiger partial charge is 0.350 e. The van der Waals surface area contributed by atoms with Gasteiger partial charge in [-0.2, -0.15) is 0 Å². The Balaban J connectivity index is 2.21. The van der Waals surface area contributed by atoms with Crippen LogP contribution < -0.4 is 14.9 Å². The second kappa shape index (κ2) is 9.56. The van der Waals surface area contributed by atoms with Crippen LogP contribution in [0.4, 0.5) is 11.4 Å². The van der Waals surface area contributed by atoms with Gasteiger partial charge < -0.3 is 10.6 Å². The van der Waals surface area contributed by atoms with E-state index in [1.807, 2.05) is 20.8 Å². The highest BCUT2D eigenvalue weighted by Gasteiger charge is 2.22. The van der Waals surface area contributed by atoms with Crippen LogP contribution in [-0.2, 0) is 14.8 Å². The van der Waals surface area contributed by atoms with Crippen LogP contribution in [-0.4, -0.2) is 39.1 Å². The van der Waals surface area contributed by atoms with Gasteiger partial charge in [0.05, 0.1) is 23.2 Å². The number of para-hydroxylation sites is 1. The van der Waals surface area contributed by atoms with Crippen LogP contribution in [0.25, 0.3) is 0 Å². The van der Waals surface area contributed by atoms with Crippen LogP contribution in [0.1, 0.15) is 36.2 Å². The molecule has 7 nitrogen and oxygen atoms in total. The summed E-state index contributed by atoms with van der Waals surface area (Å²) in [4.78, 5) is 25.1. The number of nitrogens with one attached hydrogen (secondary N) is 2. The first-order valence-corrected chi connectivity index (χ1v) is 11.2. The summed E-state index contributed by atoms with van der Waals surface area (Å²) < 4.78 is 25.5. The lowest BCUT2D eigenvalue weighted by atomic mass is 10.1. The lowest BCUT2D eigenvalue weighted by Gasteiger charge is -2.22. The first-order chi connectivity index (χ1) is 13.6. The number of carbonyl (C=O) groups excluding carboxylic acids is 2. The van der Waals surface area contributed by atoms with E-state index in [0.717, 1.165) is 22.5 Å². The van der Waals surface area contributed by atoms with Crippen LogP contribution in [0.2, 0.25) is 0 Å². The van der Waals surface area contributed by atoms with Gasteiger partial charge in [0.2, 0.25) is 15.9 Å². The van der Waals surface area contributed by atoms with E-state index in [-0.39, 0.29) is 11.9 Å². The molecule has 1 atom stereocenters. The molecule has 29 heavy (non-hydrogen) atoms. The van der Waals surface area contributed by atoms with Crippen LogP contribution in [0.3, 0.4) is 0 Å². The number of carbonyl (C=O) groups is 2. The minimum absolute atomic E-state index is 0.00600. The molecule has 2 N–H and O–H groups in total. The summed E-state index contributed by atoms with van der Waals surface area (Å²) in [5.41, 5.74) is 2.03. The summed E-state index contributed by atoms with van der Waals surface area (Å²) in [6.45, 7) is 5.35. The molecule has 0 saturated heterocycles. The Hall–Kier alpha value is -2.87. The molecule has 0 bridgehead atoms. The quantitative estimate of drug-likeness (QED) is 0.690. The molecule has 0 radical (unpaired) electrons. The van der Waals surface area contributed by atoms with E-state index in [9.17, 15) is 18.0 Å². The highest BCUT2D eigenvalue weighted by Crippen LogP contribution is 2.19. The van der Waals surface area contributed by atoms with Gasteiger partial charge in [-0.15, -0.1) is 0 Å². The molecule has 0 heterocycles. The maximum absolute atomic E-state index is 12.6. The summed E-state index contributed by atoms with van der Waals surface area (Å²) in [7, 11) is -3.67. The van der Waals surface area contributed by atoms with E-state index in [1.54, 1.807) is 48.5 Å². The van der Waals surface area contributed by atoms with Gasteiger partial charge in [0, 0.05) is 6.04 Å². The van der Waals surface area contributed by atoms with E-state index in [1.165, 1.54) is 0 Å². The fraction of sp³-hybridized carbons (Fsp3) is 0.333. The molecule has 0 aliphatic heterocycles. The summed E-state index contributed by atoms with van der Waals surface area (Å²) in [5, 5.41) is 5.52. The fourth-order valence-corrected chi connectivity index (χ4v) is 3.48. The van der Waals surface area contributed by atoms with Gasteiger partial charge >= 0.3 is 0 Å². The molecule has 2 rings (SSSR count). The van der Waals surface area contributed by atoms with Crippen molar-refractivity contribution in [2.75, 3.05) is 22.4 Å². The third-order valence-corrected chi connectivity index (χ3v) is 5.59. The summed E-state index contributed by atoms with van der Waals surface area (Å²) in [6, 6.07) is 13.5. The number of amides is 2. The van der Waals surface area contributed by atoms with Crippen LogP contribution in [0, 0.1) is 6.92 Å². The monoisotopic (exact) mass is 417 g/mol. The van der Waals surface area contributed by atoms with Crippen molar-refractivity contribution in [1.82, 2.24) is 5.32 Å². The predicted molar refractivity (Wildman–Crippen MR) is 116 cm³/mol. The Morgan fingerprint density at radius 2 is 1.69 bits per heavy atom. The predicted octanol–water partition coefficient (Wildman–Crippen LogP) is 2.93. The Kier molecular flexibility index (Phi) is 7.39. The van der Waals surface area contributed by atoms with Crippen molar-refractivity contribution in [3.05, 3.63) is 59.7 Å². The number of anilines is 2. The number of hydrogen-bond donors (Lipinski definition) is 2. The number of nitrogens with zero attached hydrogens (tertiary/aromatic N) is 1. The minimum atomic E-state index is -3.67. The maximum atomic E-state index is 12.6. The number of rotatable bonds is 8. The van der Waals surface area contributed by atoms with Gasteiger partial charge in [-0.1, -0.05) is 36.8 Å². The summed E-state index contributed by atoms with van der Waals surface area (Å²) in [5.74, 6) is -0.839. The highest BCUT2D eigenvalue weighted by atomic mass is 32.2. The smallest absolute Gasteiger partial charge is 0.253 e. The van der Waals surface area contributed by atoms with E-state index < -0.39 is 22.5 Å². The van der Waals surface area contributed by atoms with Crippen molar-refractivity contribution in [1.29, 1.82) is 0 Å². The average molecular weight is 418 g/mol. The first kappa shape index (κ1) is 22.4. The topological polar surface area (TPSA) is 95.6 Å². The molecule has 0 spiro atoms. The average Bonchev–Trinajstić information content (AvgIpc) is 2.66. The van der Waals surface area contributed by atoms with Crippen molar-refractivity contribution in [3.63, 3.8) is 0 Å². The number of aryl methyl sites for hydroxylation is 1. The van der Waals surface area contributed by atoms with Gasteiger partial charge in [0.15, 0.2) is 0 Å². The fourth-order valence-electron chi connectivity index (χ4n) is 2.62. The number of sulfonamides is 1. The molecule has 0 aromatic heterocycles. The van der Waals surface area contributed by atoms with Crippen LogP contribution in [0.15, 0.2) is 48.5 Å². The third-order valence-electron chi connectivity index (χ3n) is 4.45. The van der Waals surface area contributed by atoms with Crippen LogP contribution >= 0.6 is 0 Å². The second-order valence-electron chi connectivity index (χ2n) is 6.98.